The molecule has 0 spiro atoms. The molecule has 0 bridgehead atoms. The molecule has 2 rings (SSSR count). The van der Waals surface area contributed by atoms with Gasteiger partial charge < -0.3 is 15.8 Å². The first-order valence-electron chi connectivity index (χ1n) is 6.09. The maximum atomic E-state index is 11.8. The summed E-state index contributed by atoms with van der Waals surface area (Å²) in [6, 6.07) is 7.54. The Morgan fingerprint density at radius 1 is 1.61 bits per heavy atom. The van der Waals surface area contributed by atoms with E-state index in [-0.39, 0.29) is 11.9 Å². The zero-order chi connectivity index (χ0) is 13.0. The second kappa shape index (κ2) is 5.84. The van der Waals surface area contributed by atoms with Crippen molar-refractivity contribution in [3.05, 3.63) is 24.3 Å². The van der Waals surface area contributed by atoms with Gasteiger partial charge in [0.1, 0.15) is 5.75 Å². The van der Waals surface area contributed by atoms with Gasteiger partial charge in [-0.2, -0.15) is 0 Å². The van der Waals surface area contributed by atoms with Crippen molar-refractivity contribution in [2.24, 2.45) is 5.73 Å². The van der Waals surface area contributed by atoms with Crippen LogP contribution in [-0.4, -0.2) is 43.6 Å². The van der Waals surface area contributed by atoms with Crippen LogP contribution < -0.4 is 15.8 Å². The molecule has 1 saturated heterocycles. The van der Waals surface area contributed by atoms with Crippen molar-refractivity contribution in [3.63, 3.8) is 0 Å². The highest BCUT2D eigenvalue weighted by atomic mass is 16.5. The number of likely N-dealkylation sites (tertiary alicyclic amines) is 1. The zero-order valence-electron chi connectivity index (χ0n) is 10.6. The van der Waals surface area contributed by atoms with Gasteiger partial charge in [-0.05, 0) is 18.6 Å². The van der Waals surface area contributed by atoms with Gasteiger partial charge in [0.25, 0.3) is 0 Å². The average Bonchev–Trinajstić information content (AvgIpc) is 2.74. The first-order chi connectivity index (χ1) is 8.67. The van der Waals surface area contributed by atoms with Gasteiger partial charge in [0, 0.05) is 30.9 Å². The van der Waals surface area contributed by atoms with Gasteiger partial charge >= 0.3 is 0 Å². The number of methoxy groups -OCH3 is 1. The molecular weight excluding hydrogens is 230 g/mol. The fourth-order valence-corrected chi connectivity index (χ4v) is 2.11. The van der Waals surface area contributed by atoms with Crippen LogP contribution in [0.3, 0.4) is 0 Å². The molecule has 1 aromatic carbocycles. The fourth-order valence-electron chi connectivity index (χ4n) is 2.11. The number of nitrogens with one attached hydrogen (secondary N) is 1. The van der Waals surface area contributed by atoms with Gasteiger partial charge in [-0.15, -0.1) is 0 Å². The molecule has 0 unspecified atom stereocenters. The van der Waals surface area contributed by atoms with E-state index in [1.54, 1.807) is 13.2 Å². The molecule has 1 heterocycles. The van der Waals surface area contributed by atoms with E-state index >= 15 is 0 Å². The second-order valence-corrected chi connectivity index (χ2v) is 4.56. The number of nitrogens with zero attached hydrogens (tertiary/aromatic N) is 1. The Kier molecular flexibility index (Phi) is 4.17. The number of carbonyl (C=O) groups is 1. The largest absolute Gasteiger partial charge is 0.497 e. The number of rotatable bonds is 4. The molecule has 1 aliphatic rings. The topological polar surface area (TPSA) is 67.6 Å². The van der Waals surface area contributed by atoms with Crippen molar-refractivity contribution in [1.82, 2.24) is 4.90 Å². The molecule has 1 aromatic rings. The van der Waals surface area contributed by atoms with Crippen LogP contribution in [0.2, 0.25) is 0 Å². The average molecular weight is 249 g/mol. The fraction of sp³-hybridized carbons (Fsp3) is 0.462. The number of nitrogens with two attached hydrogens (primary N) is 1. The smallest absolute Gasteiger partial charge is 0.238 e. The Bertz CT molecular complexity index is 422. The van der Waals surface area contributed by atoms with E-state index in [9.17, 15) is 4.79 Å². The van der Waals surface area contributed by atoms with Gasteiger partial charge in [-0.3, -0.25) is 9.69 Å². The summed E-state index contributed by atoms with van der Waals surface area (Å²) in [5, 5.41) is 2.86. The molecule has 5 heteroatoms. The quantitative estimate of drug-likeness (QED) is 0.823. The predicted molar refractivity (Wildman–Crippen MR) is 70.7 cm³/mol. The molecule has 5 nitrogen and oxygen atoms in total. The summed E-state index contributed by atoms with van der Waals surface area (Å²) >= 11 is 0. The summed E-state index contributed by atoms with van der Waals surface area (Å²) in [5.41, 5.74) is 6.55. The molecule has 1 aliphatic heterocycles. The van der Waals surface area contributed by atoms with Crippen LogP contribution in [0, 0.1) is 0 Å². The Morgan fingerprint density at radius 3 is 3.11 bits per heavy atom. The molecule has 0 saturated carbocycles. The molecule has 0 radical (unpaired) electrons. The summed E-state index contributed by atoms with van der Waals surface area (Å²) in [6.45, 7) is 2.09. The first kappa shape index (κ1) is 12.9. The summed E-state index contributed by atoms with van der Waals surface area (Å²) in [5.74, 6) is 0.716. The van der Waals surface area contributed by atoms with Crippen LogP contribution in [0.1, 0.15) is 6.42 Å². The number of hydrogen-bond acceptors (Lipinski definition) is 4. The maximum absolute atomic E-state index is 11.8. The minimum absolute atomic E-state index is 0.0163. The van der Waals surface area contributed by atoms with Crippen molar-refractivity contribution in [2.75, 3.05) is 32.1 Å². The highest BCUT2D eigenvalue weighted by Gasteiger charge is 2.20. The summed E-state index contributed by atoms with van der Waals surface area (Å²) in [7, 11) is 1.60. The Hall–Kier alpha value is -1.59. The lowest BCUT2D eigenvalue weighted by Crippen LogP contribution is -2.33. The van der Waals surface area contributed by atoms with Gasteiger partial charge in [0.15, 0.2) is 0 Å². The number of ether oxygens (including phenoxy) is 1. The zero-order valence-corrected chi connectivity index (χ0v) is 10.6. The van der Waals surface area contributed by atoms with Gasteiger partial charge in [0.2, 0.25) is 5.91 Å². The van der Waals surface area contributed by atoms with E-state index < -0.39 is 0 Å². The van der Waals surface area contributed by atoms with Gasteiger partial charge in [0.05, 0.1) is 13.7 Å². The Labute approximate surface area is 107 Å². The predicted octanol–water partition coefficient (Wildman–Crippen LogP) is 0.667. The second-order valence-electron chi connectivity index (χ2n) is 4.56. The van der Waals surface area contributed by atoms with Crippen molar-refractivity contribution >= 4 is 11.6 Å². The standard InChI is InChI=1S/C13H19N3O2/c1-18-12-4-2-3-11(7-12)15-13(17)9-16-6-5-10(14)8-16/h2-4,7,10H,5-6,8-9,14H2,1H3,(H,15,17)/t10-/m1/s1. The highest BCUT2D eigenvalue weighted by Crippen LogP contribution is 2.16. The van der Waals surface area contributed by atoms with Crippen LogP contribution in [0.5, 0.6) is 5.75 Å². The minimum atomic E-state index is -0.0163. The molecule has 1 atom stereocenters. The molecule has 0 aliphatic carbocycles. The molecular formula is C13H19N3O2. The van der Waals surface area contributed by atoms with Crippen molar-refractivity contribution in [1.29, 1.82) is 0 Å². The Balaban J connectivity index is 1.86. The lowest BCUT2D eigenvalue weighted by molar-refractivity contribution is -0.117. The lowest BCUT2D eigenvalue weighted by atomic mass is 10.3. The highest BCUT2D eigenvalue weighted by molar-refractivity contribution is 5.92. The van der Waals surface area contributed by atoms with E-state index in [0.717, 1.165) is 30.9 Å². The SMILES string of the molecule is COc1cccc(NC(=O)CN2CC[C@@H](N)C2)c1. The molecule has 3 N–H and O–H groups in total. The summed E-state index contributed by atoms with van der Waals surface area (Å²) < 4.78 is 5.11. The number of carbonyl (C=O) groups excluding carboxylic acids is 1. The normalized spacial score (nSPS) is 19.8. The van der Waals surface area contributed by atoms with Crippen LogP contribution in [0.25, 0.3) is 0 Å². The van der Waals surface area contributed by atoms with E-state index in [1.165, 1.54) is 0 Å². The van der Waals surface area contributed by atoms with E-state index in [0.29, 0.717) is 6.54 Å². The van der Waals surface area contributed by atoms with Crippen LogP contribution in [0.15, 0.2) is 24.3 Å². The molecule has 1 amide bonds. The molecule has 1 fully saturated rings. The van der Waals surface area contributed by atoms with E-state index in [2.05, 4.69) is 10.2 Å². The first-order valence-corrected chi connectivity index (χ1v) is 6.09. The number of anilines is 1. The molecule has 18 heavy (non-hydrogen) atoms. The third-order valence-electron chi connectivity index (χ3n) is 3.03. The maximum Gasteiger partial charge on any atom is 0.238 e. The van der Waals surface area contributed by atoms with Crippen LogP contribution in [-0.2, 0) is 4.79 Å². The lowest BCUT2D eigenvalue weighted by Gasteiger charge is -2.14. The van der Waals surface area contributed by atoms with Crippen molar-refractivity contribution in [3.8, 4) is 5.75 Å². The van der Waals surface area contributed by atoms with Gasteiger partial charge in [-0.1, -0.05) is 6.07 Å². The van der Waals surface area contributed by atoms with E-state index in [1.807, 2.05) is 18.2 Å². The molecule has 98 valence electrons. The van der Waals surface area contributed by atoms with E-state index in [4.69, 9.17) is 10.5 Å². The van der Waals surface area contributed by atoms with Gasteiger partial charge in [-0.25, -0.2) is 0 Å². The number of amides is 1. The Morgan fingerprint density at radius 2 is 2.44 bits per heavy atom. The third-order valence-corrected chi connectivity index (χ3v) is 3.03. The summed E-state index contributed by atoms with van der Waals surface area (Å²) in [6.07, 6.45) is 0.965. The monoisotopic (exact) mass is 249 g/mol. The van der Waals surface area contributed by atoms with Crippen molar-refractivity contribution in [2.45, 2.75) is 12.5 Å². The van der Waals surface area contributed by atoms with Crippen molar-refractivity contribution < 1.29 is 9.53 Å². The number of hydrogen-bond donors (Lipinski definition) is 2. The summed E-state index contributed by atoms with van der Waals surface area (Å²) in [4.78, 5) is 13.9. The molecule has 0 aromatic heterocycles. The van der Waals surface area contributed by atoms with Crippen LogP contribution >= 0.6 is 0 Å². The minimum Gasteiger partial charge on any atom is -0.497 e. The third kappa shape index (κ3) is 3.45. The number of benzene rings is 1. The van der Waals surface area contributed by atoms with Crippen LogP contribution in [0.4, 0.5) is 5.69 Å².